The van der Waals surface area contributed by atoms with Gasteiger partial charge in [0, 0.05) is 30.6 Å². The van der Waals surface area contributed by atoms with Gasteiger partial charge < -0.3 is 24.1 Å². The average Bonchev–Trinajstić information content (AvgIpc) is 3.48. The van der Waals surface area contributed by atoms with Crippen molar-refractivity contribution in [1.82, 2.24) is 10.2 Å². The second-order valence-electron chi connectivity index (χ2n) is 7.99. The summed E-state index contributed by atoms with van der Waals surface area (Å²) in [6, 6.07) is 14.0. The number of ketones is 1. The Morgan fingerprint density at radius 3 is 2.56 bits per heavy atom. The molecular formula is C24H22N2O6. The number of likely N-dealkylation sites (tertiary alicyclic amines) is 1. The summed E-state index contributed by atoms with van der Waals surface area (Å²) in [5.41, 5.74) is 1.10. The lowest BCUT2D eigenvalue weighted by Gasteiger charge is -2.31. The number of hydrogen-bond acceptors (Lipinski definition) is 6. The molecule has 8 heteroatoms. The number of carbonyl (C=O) groups is 3. The van der Waals surface area contributed by atoms with E-state index in [9.17, 15) is 14.4 Å². The summed E-state index contributed by atoms with van der Waals surface area (Å²) >= 11 is 0. The standard InChI is InChI=1S/C24H22N2O6/c27-22(21-11-16-3-1-2-4-18(16)32-21)24(29)26-9-7-15(8-10-26)13-25-23(28)17-5-6-19-20(12-17)31-14-30-19/h1-6,11-12,15H,7-10,13-14H2,(H,25,28). The number of nitrogens with one attached hydrogen (secondary N) is 1. The molecular weight excluding hydrogens is 412 g/mol. The quantitative estimate of drug-likeness (QED) is 0.490. The van der Waals surface area contributed by atoms with Gasteiger partial charge in [-0.3, -0.25) is 14.4 Å². The van der Waals surface area contributed by atoms with Gasteiger partial charge in [-0.1, -0.05) is 18.2 Å². The summed E-state index contributed by atoms with van der Waals surface area (Å²) < 4.78 is 16.1. The molecule has 0 spiro atoms. The molecule has 5 rings (SSSR count). The normalized spacial score (nSPS) is 15.7. The monoisotopic (exact) mass is 434 g/mol. The maximum absolute atomic E-state index is 12.7. The molecule has 0 atom stereocenters. The number of piperidine rings is 1. The first kappa shape index (κ1) is 20.1. The average molecular weight is 434 g/mol. The highest BCUT2D eigenvalue weighted by molar-refractivity contribution is 6.42. The summed E-state index contributed by atoms with van der Waals surface area (Å²) in [7, 11) is 0. The number of nitrogens with zero attached hydrogens (tertiary/aromatic N) is 1. The Morgan fingerprint density at radius 2 is 1.75 bits per heavy atom. The van der Waals surface area contributed by atoms with Crippen molar-refractivity contribution in [2.45, 2.75) is 12.8 Å². The number of ether oxygens (including phenoxy) is 2. The van der Waals surface area contributed by atoms with Crippen LogP contribution in [0.1, 0.15) is 33.8 Å². The number of para-hydroxylation sites is 1. The fourth-order valence-electron chi connectivity index (χ4n) is 4.06. The van der Waals surface area contributed by atoms with Gasteiger partial charge in [-0.15, -0.1) is 0 Å². The molecule has 3 aromatic rings. The number of Topliss-reactive ketones (excluding diaryl/α,β-unsaturated/α-hetero) is 1. The highest BCUT2D eigenvalue weighted by Gasteiger charge is 2.30. The van der Waals surface area contributed by atoms with Crippen LogP contribution in [-0.2, 0) is 4.79 Å². The fraction of sp³-hybridized carbons (Fsp3) is 0.292. The van der Waals surface area contributed by atoms with E-state index in [0.29, 0.717) is 55.1 Å². The highest BCUT2D eigenvalue weighted by Crippen LogP contribution is 2.32. The van der Waals surface area contributed by atoms with Crippen LogP contribution in [0.25, 0.3) is 11.0 Å². The molecule has 0 radical (unpaired) electrons. The van der Waals surface area contributed by atoms with Crippen LogP contribution in [0.3, 0.4) is 0 Å². The molecule has 3 heterocycles. The third-order valence-corrected chi connectivity index (χ3v) is 5.93. The van der Waals surface area contributed by atoms with Crippen LogP contribution < -0.4 is 14.8 Å². The Hall–Kier alpha value is -3.81. The van der Waals surface area contributed by atoms with E-state index < -0.39 is 11.7 Å². The lowest BCUT2D eigenvalue weighted by atomic mass is 9.96. The van der Waals surface area contributed by atoms with Gasteiger partial charge in [0.25, 0.3) is 17.6 Å². The molecule has 0 aliphatic carbocycles. The van der Waals surface area contributed by atoms with Crippen LogP contribution >= 0.6 is 0 Å². The molecule has 2 aromatic carbocycles. The van der Waals surface area contributed by atoms with Gasteiger partial charge in [-0.2, -0.15) is 0 Å². The van der Waals surface area contributed by atoms with E-state index in [1.165, 1.54) is 0 Å². The van der Waals surface area contributed by atoms with Crippen molar-refractivity contribution in [1.29, 1.82) is 0 Å². The Morgan fingerprint density at radius 1 is 0.969 bits per heavy atom. The third-order valence-electron chi connectivity index (χ3n) is 5.93. The predicted octanol–water partition coefficient (Wildman–Crippen LogP) is 3.01. The molecule has 164 valence electrons. The van der Waals surface area contributed by atoms with Crippen LogP contribution in [0, 0.1) is 5.92 Å². The SMILES string of the molecule is O=C(NCC1CCN(C(=O)C(=O)c2cc3ccccc3o2)CC1)c1ccc2c(c1)OCO2. The molecule has 1 N–H and O–H groups in total. The maximum Gasteiger partial charge on any atom is 0.298 e. The Bertz CT molecular complexity index is 1160. The summed E-state index contributed by atoms with van der Waals surface area (Å²) in [5.74, 6) is 0.145. The van der Waals surface area contributed by atoms with Gasteiger partial charge in [-0.25, -0.2) is 0 Å². The van der Waals surface area contributed by atoms with Gasteiger partial charge in [0.15, 0.2) is 17.3 Å². The zero-order valence-electron chi connectivity index (χ0n) is 17.3. The molecule has 2 aliphatic heterocycles. The molecule has 0 saturated carbocycles. The topological polar surface area (TPSA) is 98.1 Å². The molecule has 32 heavy (non-hydrogen) atoms. The molecule has 1 aromatic heterocycles. The summed E-state index contributed by atoms with van der Waals surface area (Å²) in [6.45, 7) is 1.61. The lowest BCUT2D eigenvalue weighted by molar-refractivity contribution is -0.127. The van der Waals surface area contributed by atoms with E-state index in [1.807, 2.05) is 18.2 Å². The van der Waals surface area contributed by atoms with E-state index in [4.69, 9.17) is 13.9 Å². The zero-order chi connectivity index (χ0) is 22.1. The molecule has 0 bridgehead atoms. The van der Waals surface area contributed by atoms with Crippen LogP contribution in [0.15, 0.2) is 52.9 Å². The minimum Gasteiger partial charge on any atom is -0.454 e. The summed E-state index contributed by atoms with van der Waals surface area (Å²) in [6.07, 6.45) is 1.42. The zero-order valence-corrected chi connectivity index (χ0v) is 17.3. The number of carbonyl (C=O) groups excluding carboxylic acids is 3. The van der Waals surface area contributed by atoms with Crippen LogP contribution in [0.2, 0.25) is 0 Å². The molecule has 1 saturated heterocycles. The van der Waals surface area contributed by atoms with Crippen molar-refractivity contribution in [2.24, 2.45) is 5.92 Å². The molecule has 8 nitrogen and oxygen atoms in total. The second-order valence-corrected chi connectivity index (χ2v) is 7.99. The van der Waals surface area contributed by atoms with Gasteiger partial charge >= 0.3 is 0 Å². The number of benzene rings is 2. The Labute approximate surface area is 184 Å². The van der Waals surface area contributed by atoms with Crippen molar-refractivity contribution in [3.8, 4) is 11.5 Å². The van der Waals surface area contributed by atoms with Gasteiger partial charge in [0.05, 0.1) is 0 Å². The van der Waals surface area contributed by atoms with Crippen molar-refractivity contribution in [3.63, 3.8) is 0 Å². The number of hydrogen-bond donors (Lipinski definition) is 1. The lowest BCUT2D eigenvalue weighted by Crippen LogP contribution is -2.44. The number of fused-ring (bicyclic) bond motifs is 2. The first-order valence-electron chi connectivity index (χ1n) is 10.6. The second kappa shape index (κ2) is 8.37. The summed E-state index contributed by atoms with van der Waals surface area (Å²) in [4.78, 5) is 39.3. The maximum atomic E-state index is 12.7. The molecule has 1 fully saturated rings. The predicted molar refractivity (Wildman–Crippen MR) is 115 cm³/mol. The van der Waals surface area contributed by atoms with Crippen molar-refractivity contribution in [2.75, 3.05) is 26.4 Å². The highest BCUT2D eigenvalue weighted by atomic mass is 16.7. The smallest absolute Gasteiger partial charge is 0.298 e. The first-order chi connectivity index (χ1) is 15.6. The van der Waals surface area contributed by atoms with E-state index in [2.05, 4.69) is 5.32 Å². The summed E-state index contributed by atoms with van der Waals surface area (Å²) in [5, 5.41) is 3.74. The van der Waals surface area contributed by atoms with E-state index in [0.717, 1.165) is 5.39 Å². The minimum absolute atomic E-state index is 0.0642. The van der Waals surface area contributed by atoms with Gasteiger partial charge in [0.1, 0.15) is 5.58 Å². The van der Waals surface area contributed by atoms with E-state index in [-0.39, 0.29) is 24.4 Å². The van der Waals surface area contributed by atoms with Gasteiger partial charge in [0.2, 0.25) is 6.79 Å². The van der Waals surface area contributed by atoms with Crippen molar-refractivity contribution in [3.05, 3.63) is 59.9 Å². The fourth-order valence-corrected chi connectivity index (χ4v) is 4.06. The van der Waals surface area contributed by atoms with Crippen molar-refractivity contribution < 1.29 is 28.3 Å². The molecule has 2 amide bonds. The Balaban J connectivity index is 1.12. The minimum atomic E-state index is -0.629. The van der Waals surface area contributed by atoms with Crippen LogP contribution in [-0.4, -0.2) is 48.9 Å². The van der Waals surface area contributed by atoms with Crippen LogP contribution in [0.4, 0.5) is 0 Å². The number of rotatable bonds is 5. The van der Waals surface area contributed by atoms with E-state index in [1.54, 1.807) is 35.2 Å². The van der Waals surface area contributed by atoms with Crippen molar-refractivity contribution >= 4 is 28.6 Å². The van der Waals surface area contributed by atoms with Crippen LogP contribution in [0.5, 0.6) is 11.5 Å². The number of furan rings is 1. The first-order valence-corrected chi connectivity index (χ1v) is 10.6. The third kappa shape index (κ3) is 3.91. The molecule has 0 unspecified atom stereocenters. The number of amides is 2. The molecule has 2 aliphatic rings. The largest absolute Gasteiger partial charge is 0.454 e. The van der Waals surface area contributed by atoms with Gasteiger partial charge in [-0.05, 0) is 49.1 Å². The van der Waals surface area contributed by atoms with E-state index >= 15 is 0 Å². The Kier molecular flexibility index (Phi) is 5.26.